The molecule has 0 aliphatic carbocycles. The lowest BCUT2D eigenvalue weighted by atomic mass is 10.0. The Bertz CT molecular complexity index is 528. The molecule has 88 valence electrons. The molecule has 1 atom stereocenters. The maximum absolute atomic E-state index is 10.1. The van der Waals surface area contributed by atoms with Crippen LogP contribution in [0.2, 0.25) is 15.2 Å². The molecule has 2 rings (SSSR count). The van der Waals surface area contributed by atoms with Crippen molar-refractivity contribution in [2.45, 2.75) is 6.10 Å². The normalized spacial score (nSPS) is 12.5. The molecule has 0 aliphatic heterocycles. The lowest BCUT2D eigenvalue weighted by Gasteiger charge is -2.12. The maximum Gasteiger partial charge on any atom is 0.129 e. The maximum atomic E-state index is 10.1. The quantitative estimate of drug-likeness (QED) is 0.843. The van der Waals surface area contributed by atoms with Crippen molar-refractivity contribution in [1.82, 2.24) is 4.98 Å². The first-order valence-corrected chi connectivity index (χ1v) is 5.96. The smallest absolute Gasteiger partial charge is 0.129 e. The predicted molar refractivity (Wildman–Crippen MR) is 69.8 cm³/mol. The minimum absolute atomic E-state index is 0.378. The van der Waals surface area contributed by atoms with Crippen LogP contribution in [0, 0.1) is 0 Å². The van der Waals surface area contributed by atoms with E-state index < -0.39 is 6.10 Å². The van der Waals surface area contributed by atoms with Crippen LogP contribution in [-0.2, 0) is 0 Å². The third-order valence-corrected chi connectivity index (χ3v) is 3.11. The zero-order valence-electron chi connectivity index (χ0n) is 8.57. The fourth-order valence-corrected chi connectivity index (χ4v) is 2.08. The Labute approximate surface area is 114 Å². The lowest BCUT2D eigenvalue weighted by molar-refractivity contribution is 0.220. The second-order valence-electron chi connectivity index (χ2n) is 3.48. The molecular formula is C12H8Cl3NO. The van der Waals surface area contributed by atoms with E-state index in [1.807, 2.05) is 0 Å². The molecule has 1 aromatic carbocycles. The Morgan fingerprint density at radius 1 is 1.06 bits per heavy atom. The predicted octanol–water partition coefficient (Wildman–Crippen LogP) is 4.12. The summed E-state index contributed by atoms with van der Waals surface area (Å²) in [5.41, 5.74) is 1.21. The molecule has 0 fully saturated rings. The van der Waals surface area contributed by atoms with Gasteiger partial charge in [0.05, 0.1) is 0 Å². The number of halogens is 3. The first-order valence-electron chi connectivity index (χ1n) is 4.82. The van der Waals surface area contributed by atoms with E-state index in [-0.39, 0.29) is 0 Å². The first kappa shape index (κ1) is 12.7. The summed E-state index contributed by atoms with van der Waals surface area (Å²) < 4.78 is 0. The Hall–Kier alpha value is -0.800. The van der Waals surface area contributed by atoms with Gasteiger partial charge in [0.1, 0.15) is 11.3 Å². The van der Waals surface area contributed by atoms with Gasteiger partial charge in [-0.15, -0.1) is 0 Å². The molecule has 0 saturated heterocycles. The van der Waals surface area contributed by atoms with Gasteiger partial charge in [0.2, 0.25) is 0 Å². The number of rotatable bonds is 2. The Morgan fingerprint density at radius 3 is 2.41 bits per heavy atom. The molecule has 0 radical (unpaired) electrons. The Balaban J connectivity index is 2.36. The minimum atomic E-state index is -0.843. The molecule has 17 heavy (non-hydrogen) atoms. The Kier molecular flexibility index (Phi) is 3.89. The van der Waals surface area contributed by atoms with Crippen LogP contribution in [0.25, 0.3) is 0 Å². The fourth-order valence-electron chi connectivity index (χ4n) is 1.45. The molecule has 0 saturated carbocycles. The zero-order chi connectivity index (χ0) is 12.4. The van der Waals surface area contributed by atoms with Crippen molar-refractivity contribution in [3.8, 4) is 0 Å². The minimum Gasteiger partial charge on any atom is -0.384 e. The first-order chi connectivity index (χ1) is 8.08. The average molecular weight is 289 g/mol. The van der Waals surface area contributed by atoms with Crippen LogP contribution in [0.5, 0.6) is 0 Å². The summed E-state index contributed by atoms with van der Waals surface area (Å²) in [5.74, 6) is 0. The standard InChI is InChI=1S/C12H8Cl3NO/c13-8-2-3-9(10(14)5-8)12(17)7-1-4-11(15)16-6-7/h1-6,12,17H. The van der Waals surface area contributed by atoms with Gasteiger partial charge in [-0.3, -0.25) is 0 Å². The molecule has 1 heterocycles. The van der Waals surface area contributed by atoms with Gasteiger partial charge in [-0.1, -0.05) is 46.9 Å². The highest BCUT2D eigenvalue weighted by Crippen LogP contribution is 2.30. The second-order valence-corrected chi connectivity index (χ2v) is 4.71. The van der Waals surface area contributed by atoms with Gasteiger partial charge in [0.25, 0.3) is 0 Å². The van der Waals surface area contributed by atoms with Crippen LogP contribution in [0.1, 0.15) is 17.2 Å². The molecular weight excluding hydrogens is 280 g/mol. The van der Waals surface area contributed by atoms with Crippen molar-refractivity contribution >= 4 is 34.8 Å². The number of hydrogen-bond donors (Lipinski definition) is 1. The number of aromatic nitrogens is 1. The molecule has 1 unspecified atom stereocenters. The van der Waals surface area contributed by atoms with Crippen LogP contribution in [0.15, 0.2) is 36.5 Å². The summed E-state index contributed by atoms with van der Waals surface area (Å²) in [4.78, 5) is 3.91. The van der Waals surface area contributed by atoms with Gasteiger partial charge in [-0.25, -0.2) is 4.98 Å². The number of pyridine rings is 1. The van der Waals surface area contributed by atoms with E-state index in [4.69, 9.17) is 34.8 Å². The van der Waals surface area contributed by atoms with E-state index >= 15 is 0 Å². The van der Waals surface area contributed by atoms with Crippen LogP contribution in [-0.4, -0.2) is 10.1 Å². The highest BCUT2D eigenvalue weighted by Gasteiger charge is 2.14. The van der Waals surface area contributed by atoms with E-state index in [2.05, 4.69) is 4.98 Å². The SMILES string of the molecule is OC(c1ccc(Cl)nc1)c1ccc(Cl)cc1Cl. The number of hydrogen-bond acceptors (Lipinski definition) is 2. The number of aliphatic hydroxyl groups excluding tert-OH is 1. The van der Waals surface area contributed by atoms with Crippen molar-refractivity contribution in [2.24, 2.45) is 0 Å². The number of nitrogens with zero attached hydrogens (tertiary/aromatic N) is 1. The van der Waals surface area contributed by atoms with Crippen molar-refractivity contribution in [2.75, 3.05) is 0 Å². The van der Waals surface area contributed by atoms with E-state index in [1.54, 1.807) is 30.3 Å². The molecule has 5 heteroatoms. The van der Waals surface area contributed by atoms with Gasteiger partial charge < -0.3 is 5.11 Å². The van der Waals surface area contributed by atoms with Crippen molar-refractivity contribution < 1.29 is 5.11 Å². The second kappa shape index (κ2) is 5.23. The third-order valence-electron chi connectivity index (χ3n) is 2.32. The molecule has 0 bridgehead atoms. The summed E-state index contributed by atoms with van der Waals surface area (Å²) in [6, 6.07) is 8.26. The van der Waals surface area contributed by atoms with Crippen LogP contribution >= 0.6 is 34.8 Å². The average Bonchev–Trinajstić information content (AvgIpc) is 2.29. The molecule has 1 aromatic heterocycles. The van der Waals surface area contributed by atoms with Gasteiger partial charge in [-0.05, 0) is 18.2 Å². The van der Waals surface area contributed by atoms with Crippen LogP contribution in [0.4, 0.5) is 0 Å². The summed E-state index contributed by atoms with van der Waals surface area (Å²) in [5, 5.41) is 11.5. The Morgan fingerprint density at radius 2 is 1.82 bits per heavy atom. The topological polar surface area (TPSA) is 33.1 Å². The molecule has 2 aromatic rings. The molecule has 1 N–H and O–H groups in total. The number of benzene rings is 1. The van der Waals surface area contributed by atoms with Crippen molar-refractivity contribution in [1.29, 1.82) is 0 Å². The van der Waals surface area contributed by atoms with E-state index in [1.165, 1.54) is 6.20 Å². The molecule has 0 spiro atoms. The zero-order valence-corrected chi connectivity index (χ0v) is 10.8. The highest BCUT2D eigenvalue weighted by molar-refractivity contribution is 6.35. The summed E-state index contributed by atoms with van der Waals surface area (Å²) in [6.07, 6.45) is 0.669. The largest absolute Gasteiger partial charge is 0.384 e. The number of aliphatic hydroxyl groups is 1. The van der Waals surface area contributed by atoms with Gasteiger partial charge in [0, 0.05) is 27.4 Å². The third kappa shape index (κ3) is 2.90. The van der Waals surface area contributed by atoms with Crippen LogP contribution < -0.4 is 0 Å². The summed E-state index contributed by atoms with van der Waals surface area (Å²) in [6.45, 7) is 0. The summed E-state index contributed by atoms with van der Waals surface area (Å²) >= 11 is 17.5. The van der Waals surface area contributed by atoms with E-state index in [0.29, 0.717) is 26.3 Å². The molecule has 2 nitrogen and oxygen atoms in total. The fraction of sp³-hybridized carbons (Fsp3) is 0.0833. The van der Waals surface area contributed by atoms with E-state index in [9.17, 15) is 5.11 Å². The van der Waals surface area contributed by atoms with Gasteiger partial charge in [0.15, 0.2) is 0 Å². The monoisotopic (exact) mass is 287 g/mol. The van der Waals surface area contributed by atoms with E-state index in [0.717, 1.165) is 0 Å². The lowest BCUT2D eigenvalue weighted by Crippen LogP contribution is -2.01. The van der Waals surface area contributed by atoms with Gasteiger partial charge >= 0.3 is 0 Å². The van der Waals surface area contributed by atoms with Crippen molar-refractivity contribution in [3.63, 3.8) is 0 Å². The highest BCUT2D eigenvalue weighted by atomic mass is 35.5. The van der Waals surface area contributed by atoms with Crippen molar-refractivity contribution in [3.05, 3.63) is 62.9 Å². The summed E-state index contributed by atoms with van der Waals surface area (Å²) in [7, 11) is 0. The van der Waals surface area contributed by atoms with Crippen LogP contribution in [0.3, 0.4) is 0 Å². The van der Waals surface area contributed by atoms with Gasteiger partial charge in [-0.2, -0.15) is 0 Å². The molecule has 0 amide bonds. The molecule has 0 aliphatic rings.